The maximum absolute atomic E-state index is 12.3. The SMILES string of the molecule is CCCCCCCCCC(CCCCCCCC)(OCCCCCCCC)C(=O)O. The normalized spacial score (nSPS) is 13.4. The van der Waals surface area contributed by atoms with Gasteiger partial charge >= 0.3 is 5.97 Å². The molecule has 0 aromatic heterocycles. The second kappa shape index (κ2) is 21.7. The van der Waals surface area contributed by atoms with Crippen LogP contribution in [-0.2, 0) is 9.53 Å². The van der Waals surface area contributed by atoms with Crippen molar-refractivity contribution in [1.29, 1.82) is 0 Å². The van der Waals surface area contributed by atoms with Crippen molar-refractivity contribution in [1.82, 2.24) is 0 Å². The Hall–Kier alpha value is -0.570. The molecule has 0 aliphatic heterocycles. The van der Waals surface area contributed by atoms with Gasteiger partial charge in [0, 0.05) is 6.61 Å². The van der Waals surface area contributed by atoms with Crippen LogP contribution in [0.1, 0.15) is 156 Å². The Morgan fingerprint density at radius 1 is 0.567 bits per heavy atom. The largest absolute Gasteiger partial charge is 0.479 e. The highest BCUT2D eigenvalue weighted by Crippen LogP contribution is 2.28. The molecular weight excluding hydrogens is 372 g/mol. The van der Waals surface area contributed by atoms with Gasteiger partial charge < -0.3 is 9.84 Å². The highest BCUT2D eigenvalue weighted by atomic mass is 16.5. The summed E-state index contributed by atoms with van der Waals surface area (Å²) in [5.74, 6) is -0.729. The lowest BCUT2D eigenvalue weighted by atomic mass is 9.89. The summed E-state index contributed by atoms with van der Waals surface area (Å²) in [5, 5.41) is 10.1. The van der Waals surface area contributed by atoms with E-state index in [1.165, 1.54) is 83.5 Å². The number of carboxylic acids is 1. The van der Waals surface area contributed by atoms with E-state index < -0.39 is 11.6 Å². The number of aliphatic carboxylic acids is 1. The Morgan fingerprint density at radius 2 is 0.900 bits per heavy atom. The van der Waals surface area contributed by atoms with Crippen molar-refractivity contribution in [2.45, 2.75) is 161 Å². The Bertz CT molecular complexity index is 349. The molecule has 3 nitrogen and oxygen atoms in total. The lowest BCUT2D eigenvalue weighted by Crippen LogP contribution is -2.42. The number of hydrogen-bond donors (Lipinski definition) is 1. The van der Waals surface area contributed by atoms with E-state index in [-0.39, 0.29) is 0 Å². The van der Waals surface area contributed by atoms with Gasteiger partial charge in [0.05, 0.1) is 0 Å². The molecule has 1 atom stereocenters. The molecule has 0 radical (unpaired) electrons. The van der Waals surface area contributed by atoms with Gasteiger partial charge in [-0.3, -0.25) is 0 Å². The zero-order valence-corrected chi connectivity index (χ0v) is 20.8. The van der Waals surface area contributed by atoms with Crippen LogP contribution >= 0.6 is 0 Å². The number of unbranched alkanes of at least 4 members (excludes halogenated alkanes) is 16. The topological polar surface area (TPSA) is 46.5 Å². The molecule has 0 bridgehead atoms. The molecule has 0 saturated carbocycles. The minimum atomic E-state index is -0.947. The van der Waals surface area contributed by atoms with Gasteiger partial charge in [0.2, 0.25) is 0 Å². The van der Waals surface area contributed by atoms with Crippen LogP contribution in [0.5, 0.6) is 0 Å². The molecule has 0 amide bonds. The van der Waals surface area contributed by atoms with Crippen molar-refractivity contribution in [2.75, 3.05) is 6.61 Å². The third kappa shape index (κ3) is 16.2. The summed E-state index contributed by atoms with van der Waals surface area (Å²) < 4.78 is 6.17. The highest BCUT2D eigenvalue weighted by molar-refractivity contribution is 5.77. The van der Waals surface area contributed by atoms with Gasteiger partial charge in [0.25, 0.3) is 0 Å². The fourth-order valence-corrected chi connectivity index (χ4v) is 4.25. The van der Waals surface area contributed by atoms with Crippen LogP contribution in [0.4, 0.5) is 0 Å². The molecule has 0 aromatic rings. The molecule has 1 N–H and O–H groups in total. The molecule has 0 fully saturated rings. The number of hydrogen-bond acceptors (Lipinski definition) is 2. The maximum atomic E-state index is 12.3. The lowest BCUT2D eigenvalue weighted by molar-refractivity contribution is -0.169. The van der Waals surface area contributed by atoms with Crippen molar-refractivity contribution >= 4 is 5.97 Å². The van der Waals surface area contributed by atoms with Gasteiger partial charge in [-0.15, -0.1) is 0 Å². The van der Waals surface area contributed by atoms with E-state index in [0.717, 1.165) is 38.5 Å². The third-order valence-electron chi connectivity index (χ3n) is 6.38. The molecule has 0 aliphatic rings. The Morgan fingerprint density at radius 3 is 1.27 bits per heavy atom. The Kier molecular flexibility index (Phi) is 21.2. The average Bonchev–Trinajstić information content (AvgIpc) is 2.74. The smallest absolute Gasteiger partial charge is 0.335 e. The molecule has 0 heterocycles. The van der Waals surface area contributed by atoms with Crippen LogP contribution in [0, 0.1) is 0 Å². The third-order valence-corrected chi connectivity index (χ3v) is 6.38. The molecule has 0 aromatic carbocycles. The second-order valence-corrected chi connectivity index (χ2v) is 9.30. The summed E-state index contributed by atoms with van der Waals surface area (Å²) in [7, 11) is 0. The molecule has 1 unspecified atom stereocenters. The van der Waals surface area contributed by atoms with Crippen LogP contribution in [0.2, 0.25) is 0 Å². The summed E-state index contributed by atoms with van der Waals surface area (Å²) in [4.78, 5) is 12.3. The molecular formula is C27H54O3. The summed E-state index contributed by atoms with van der Waals surface area (Å²) in [5.41, 5.74) is -0.947. The molecule has 180 valence electrons. The number of carboxylic acid groups (broad SMARTS) is 1. The van der Waals surface area contributed by atoms with E-state index in [1.807, 2.05) is 0 Å². The molecule has 0 aliphatic carbocycles. The minimum absolute atomic E-state index is 0.602. The fraction of sp³-hybridized carbons (Fsp3) is 0.963. The minimum Gasteiger partial charge on any atom is -0.479 e. The molecule has 3 heteroatoms. The Labute approximate surface area is 188 Å². The van der Waals surface area contributed by atoms with E-state index in [1.54, 1.807) is 0 Å². The summed E-state index contributed by atoms with van der Waals surface area (Å²) in [6, 6.07) is 0. The van der Waals surface area contributed by atoms with Gasteiger partial charge in [-0.05, 0) is 32.1 Å². The maximum Gasteiger partial charge on any atom is 0.335 e. The molecule has 0 saturated heterocycles. The van der Waals surface area contributed by atoms with Gasteiger partial charge in [-0.1, -0.05) is 124 Å². The van der Waals surface area contributed by atoms with E-state index in [2.05, 4.69) is 20.8 Å². The van der Waals surface area contributed by atoms with Crippen molar-refractivity contribution in [3.63, 3.8) is 0 Å². The fourth-order valence-electron chi connectivity index (χ4n) is 4.25. The Balaban J connectivity index is 4.45. The summed E-state index contributed by atoms with van der Waals surface area (Å²) in [6.45, 7) is 7.31. The predicted molar refractivity (Wildman–Crippen MR) is 130 cm³/mol. The van der Waals surface area contributed by atoms with Crippen LogP contribution in [-0.4, -0.2) is 23.3 Å². The van der Waals surface area contributed by atoms with E-state index >= 15 is 0 Å². The van der Waals surface area contributed by atoms with Crippen molar-refractivity contribution in [3.8, 4) is 0 Å². The van der Waals surface area contributed by atoms with Crippen LogP contribution in [0.3, 0.4) is 0 Å². The molecule has 0 rings (SSSR count). The van der Waals surface area contributed by atoms with Gasteiger partial charge in [-0.2, -0.15) is 0 Å². The molecule has 0 spiro atoms. The first-order chi connectivity index (χ1) is 14.6. The summed E-state index contributed by atoms with van der Waals surface area (Å²) >= 11 is 0. The van der Waals surface area contributed by atoms with Crippen LogP contribution in [0.25, 0.3) is 0 Å². The van der Waals surface area contributed by atoms with Gasteiger partial charge in [0.15, 0.2) is 5.60 Å². The van der Waals surface area contributed by atoms with E-state index in [0.29, 0.717) is 19.4 Å². The monoisotopic (exact) mass is 426 g/mol. The number of carbonyl (C=O) groups is 1. The predicted octanol–water partition coefficient (Wildman–Crippen LogP) is 9.08. The first-order valence-electron chi connectivity index (χ1n) is 13.5. The second-order valence-electron chi connectivity index (χ2n) is 9.30. The first kappa shape index (κ1) is 29.4. The highest BCUT2D eigenvalue weighted by Gasteiger charge is 2.38. The number of ether oxygens (including phenoxy) is 1. The van der Waals surface area contributed by atoms with Crippen molar-refractivity contribution in [2.24, 2.45) is 0 Å². The van der Waals surface area contributed by atoms with Gasteiger partial charge in [-0.25, -0.2) is 4.79 Å². The van der Waals surface area contributed by atoms with E-state index in [9.17, 15) is 9.90 Å². The van der Waals surface area contributed by atoms with Crippen molar-refractivity contribution in [3.05, 3.63) is 0 Å². The van der Waals surface area contributed by atoms with E-state index in [4.69, 9.17) is 4.74 Å². The summed E-state index contributed by atoms with van der Waals surface area (Å²) in [6.07, 6.45) is 24.3. The zero-order valence-electron chi connectivity index (χ0n) is 20.8. The first-order valence-corrected chi connectivity index (χ1v) is 13.5. The quantitative estimate of drug-likeness (QED) is 0.156. The van der Waals surface area contributed by atoms with Crippen molar-refractivity contribution < 1.29 is 14.6 Å². The molecule has 30 heavy (non-hydrogen) atoms. The van der Waals surface area contributed by atoms with Gasteiger partial charge in [0.1, 0.15) is 0 Å². The van der Waals surface area contributed by atoms with Crippen LogP contribution < -0.4 is 0 Å². The number of rotatable bonds is 24. The average molecular weight is 427 g/mol. The zero-order chi connectivity index (χ0) is 22.3. The van der Waals surface area contributed by atoms with Crippen LogP contribution in [0.15, 0.2) is 0 Å². The lowest BCUT2D eigenvalue weighted by Gasteiger charge is -2.30. The standard InChI is InChI=1S/C27H54O3/c1-4-7-10-13-16-18-21-24-27(26(28)29,23-20-17-14-11-8-5-2)30-25-22-19-15-12-9-6-3/h4-25H2,1-3H3,(H,28,29).